The molecule has 1 saturated heterocycles. The molecule has 168 valence electrons. The molecule has 2 saturated carbocycles. The van der Waals surface area contributed by atoms with Gasteiger partial charge in [-0.2, -0.15) is 0 Å². The van der Waals surface area contributed by atoms with E-state index in [1.54, 1.807) is 25.1 Å². The van der Waals surface area contributed by atoms with E-state index in [4.69, 9.17) is 9.47 Å². The van der Waals surface area contributed by atoms with E-state index in [2.05, 4.69) is 10.6 Å². The molecule has 0 unspecified atom stereocenters. The number of hydrogen-bond donors (Lipinski definition) is 2. The maximum atomic E-state index is 13.2. The first kappa shape index (κ1) is 21.5. The van der Waals surface area contributed by atoms with Crippen LogP contribution < -0.4 is 20.1 Å². The number of nitrogens with zero attached hydrogens (tertiary/aromatic N) is 1. The van der Waals surface area contributed by atoms with Gasteiger partial charge in [0.15, 0.2) is 11.5 Å². The highest BCUT2D eigenvalue weighted by atomic mass is 16.5. The van der Waals surface area contributed by atoms with Crippen LogP contribution in [0.15, 0.2) is 18.2 Å². The molecule has 8 heteroatoms. The molecule has 4 rings (SSSR count). The molecule has 1 aliphatic heterocycles. The third kappa shape index (κ3) is 3.72. The van der Waals surface area contributed by atoms with E-state index < -0.39 is 17.5 Å². The van der Waals surface area contributed by atoms with Gasteiger partial charge in [-0.15, -0.1) is 0 Å². The normalized spacial score (nSPS) is 30.3. The van der Waals surface area contributed by atoms with Gasteiger partial charge in [-0.25, -0.2) is 4.79 Å². The summed E-state index contributed by atoms with van der Waals surface area (Å²) in [6.45, 7) is 3.37. The van der Waals surface area contributed by atoms with Crippen molar-refractivity contribution in [1.29, 1.82) is 0 Å². The molecule has 1 heterocycles. The summed E-state index contributed by atoms with van der Waals surface area (Å²) in [6, 6.07) is 4.52. The van der Waals surface area contributed by atoms with Crippen LogP contribution in [-0.2, 0) is 15.1 Å². The monoisotopic (exact) mass is 429 g/mol. The number of hydrogen-bond acceptors (Lipinski definition) is 5. The first-order valence-corrected chi connectivity index (χ1v) is 10.9. The van der Waals surface area contributed by atoms with Crippen LogP contribution in [0.5, 0.6) is 11.5 Å². The molecule has 8 nitrogen and oxygen atoms in total. The lowest BCUT2D eigenvalue weighted by Crippen LogP contribution is -2.47. The summed E-state index contributed by atoms with van der Waals surface area (Å²) < 4.78 is 10.6. The maximum absolute atomic E-state index is 13.2. The number of urea groups is 1. The topological polar surface area (TPSA) is 97.0 Å². The third-order valence-electron chi connectivity index (χ3n) is 7.36. The fourth-order valence-electron chi connectivity index (χ4n) is 5.64. The predicted molar refractivity (Wildman–Crippen MR) is 114 cm³/mol. The summed E-state index contributed by atoms with van der Waals surface area (Å²) in [5.41, 5.74) is -0.727. The Balaban J connectivity index is 1.43. The van der Waals surface area contributed by atoms with E-state index in [-0.39, 0.29) is 18.5 Å². The average molecular weight is 430 g/mol. The molecule has 0 aromatic heterocycles. The molecule has 2 aliphatic carbocycles. The number of imide groups is 1. The van der Waals surface area contributed by atoms with E-state index in [1.165, 1.54) is 33.5 Å². The minimum Gasteiger partial charge on any atom is -0.493 e. The second kappa shape index (κ2) is 8.05. The van der Waals surface area contributed by atoms with Crippen LogP contribution >= 0.6 is 0 Å². The Hall–Kier alpha value is -2.77. The van der Waals surface area contributed by atoms with E-state index >= 15 is 0 Å². The first-order valence-electron chi connectivity index (χ1n) is 10.9. The number of benzene rings is 1. The summed E-state index contributed by atoms with van der Waals surface area (Å²) in [4.78, 5) is 39.4. The van der Waals surface area contributed by atoms with E-state index in [1.807, 2.05) is 6.92 Å². The molecule has 1 aromatic rings. The minimum absolute atomic E-state index is 0.0424. The van der Waals surface area contributed by atoms with Crippen molar-refractivity contribution in [3.05, 3.63) is 23.8 Å². The molecular weight excluding hydrogens is 398 g/mol. The van der Waals surface area contributed by atoms with Gasteiger partial charge in [0.05, 0.1) is 14.2 Å². The lowest BCUT2D eigenvalue weighted by molar-refractivity contribution is -0.135. The highest BCUT2D eigenvalue weighted by Crippen LogP contribution is 2.49. The number of nitrogens with one attached hydrogen (secondary N) is 2. The van der Waals surface area contributed by atoms with Crippen LogP contribution in [0.2, 0.25) is 0 Å². The zero-order valence-corrected chi connectivity index (χ0v) is 18.6. The summed E-state index contributed by atoms with van der Waals surface area (Å²) in [7, 11) is 3.03. The van der Waals surface area contributed by atoms with Gasteiger partial charge in [-0.1, -0.05) is 12.5 Å². The minimum atomic E-state index is -1.28. The smallest absolute Gasteiger partial charge is 0.325 e. The van der Waals surface area contributed by atoms with Gasteiger partial charge in [0.1, 0.15) is 12.1 Å². The highest BCUT2D eigenvalue weighted by Gasteiger charge is 2.50. The van der Waals surface area contributed by atoms with Crippen LogP contribution in [0.25, 0.3) is 0 Å². The largest absolute Gasteiger partial charge is 0.493 e. The number of ether oxygens (including phenoxy) is 2. The molecule has 0 spiro atoms. The zero-order valence-electron chi connectivity index (χ0n) is 18.6. The van der Waals surface area contributed by atoms with Gasteiger partial charge >= 0.3 is 6.03 Å². The number of methoxy groups -OCH3 is 2. The molecule has 1 aromatic carbocycles. The first-order chi connectivity index (χ1) is 14.8. The van der Waals surface area contributed by atoms with Gasteiger partial charge in [-0.3, -0.25) is 14.5 Å². The number of rotatable bonds is 7. The summed E-state index contributed by atoms with van der Waals surface area (Å²) >= 11 is 0. The van der Waals surface area contributed by atoms with Crippen molar-refractivity contribution in [2.75, 3.05) is 20.8 Å². The fourth-order valence-corrected chi connectivity index (χ4v) is 5.64. The van der Waals surface area contributed by atoms with Crippen molar-refractivity contribution in [1.82, 2.24) is 15.5 Å². The predicted octanol–water partition coefficient (Wildman–Crippen LogP) is 2.41. The number of amides is 4. The Bertz CT molecular complexity index is 903. The molecule has 31 heavy (non-hydrogen) atoms. The lowest BCUT2D eigenvalue weighted by Gasteiger charge is -2.29. The lowest BCUT2D eigenvalue weighted by atomic mass is 9.84. The molecule has 5 atom stereocenters. The Labute approximate surface area is 182 Å². The van der Waals surface area contributed by atoms with E-state index in [9.17, 15) is 14.4 Å². The zero-order chi connectivity index (χ0) is 22.3. The summed E-state index contributed by atoms with van der Waals surface area (Å²) in [6.07, 6.45) is 4.97. The third-order valence-corrected chi connectivity index (χ3v) is 7.36. The van der Waals surface area contributed by atoms with Crippen LogP contribution in [-0.4, -0.2) is 49.6 Å². The molecule has 2 N–H and O–H groups in total. The molecule has 4 amide bonds. The van der Waals surface area contributed by atoms with Crippen LogP contribution in [0, 0.1) is 17.8 Å². The molecule has 2 bridgehead atoms. The second-order valence-electron chi connectivity index (χ2n) is 9.21. The van der Waals surface area contributed by atoms with Gasteiger partial charge in [-0.05, 0) is 68.6 Å². The summed E-state index contributed by atoms with van der Waals surface area (Å²) in [5, 5.41) is 5.76. The van der Waals surface area contributed by atoms with Crippen LogP contribution in [0.1, 0.15) is 45.1 Å². The van der Waals surface area contributed by atoms with E-state index in [0.29, 0.717) is 28.9 Å². The number of carbonyl (C=O) groups is 3. The molecular formula is C23H31N3O5. The Morgan fingerprint density at radius 3 is 2.58 bits per heavy atom. The molecule has 3 fully saturated rings. The number of fused-ring (bicyclic) bond motifs is 2. The SMILES string of the molecule is COc1ccc([C@]2(C)NC(=O)N(CC(=O)N[C@@H](C)[C@H]3C[C@H]4CC[C@H]3C4)C2=O)cc1OC. The standard InChI is InChI=1S/C23H31N3O5/c1-13(17-10-14-5-6-15(17)9-14)24-20(27)12-26-21(28)23(2,25-22(26)29)16-7-8-18(30-3)19(11-16)31-4/h7-8,11,13-15,17H,5-6,9-10,12H2,1-4H3,(H,24,27)(H,25,29)/t13-,14-,15-,17+,23-/m0/s1. The van der Waals surface area contributed by atoms with Gasteiger partial charge in [0, 0.05) is 6.04 Å². The van der Waals surface area contributed by atoms with Crippen molar-refractivity contribution >= 4 is 17.8 Å². The average Bonchev–Trinajstić information content (AvgIpc) is 3.44. The van der Waals surface area contributed by atoms with Crippen molar-refractivity contribution in [3.8, 4) is 11.5 Å². The Kier molecular flexibility index (Phi) is 5.58. The van der Waals surface area contributed by atoms with Crippen molar-refractivity contribution in [3.63, 3.8) is 0 Å². The number of carbonyl (C=O) groups excluding carboxylic acids is 3. The molecule has 3 aliphatic rings. The van der Waals surface area contributed by atoms with Gasteiger partial charge in [0.2, 0.25) is 5.91 Å². The quantitative estimate of drug-likeness (QED) is 0.649. The highest BCUT2D eigenvalue weighted by molar-refractivity contribution is 6.09. The molecule has 0 radical (unpaired) electrons. The maximum Gasteiger partial charge on any atom is 0.325 e. The Morgan fingerprint density at radius 2 is 1.97 bits per heavy atom. The second-order valence-corrected chi connectivity index (χ2v) is 9.21. The Morgan fingerprint density at radius 1 is 1.23 bits per heavy atom. The van der Waals surface area contributed by atoms with Crippen molar-refractivity contribution in [2.45, 2.75) is 51.1 Å². The van der Waals surface area contributed by atoms with Gasteiger partial charge < -0.3 is 20.1 Å². The van der Waals surface area contributed by atoms with Crippen LogP contribution in [0.4, 0.5) is 4.79 Å². The van der Waals surface area contributed by atoms with Crippen molar-refractivity contribution < 1.29 is 23.9 Å². The van der Waals surface area contributed by atoms with Crippen LogP contribution in [0.3, 0.4) is 0 Å². The fraction of sp³-hybridized carbons (Fsp3) is 0.609. The van der Waals surface area contributed by atoms with E-state index in [0.717, 1.165) is 17.2 Å². The summed E-state index contributed by atoms with van der Waals surface area (Å²) in [5.74, 6) is 2.18. The van der Waals surface area contributed by atoms with Crippen molar-refractivity contribution in [2.24, 2.45) is 17.8 Å². The van der Waals surface area contributed by atoms with Gasteiger partial charge in [0.25, 0.3) is 5.91 Å².